The third-order valence-electron chi connectivity index (χ3n) is 6.92. The van der Waals surface area contributed by atoms with E-state index in [1.54, 1.807) is 0 Å². The quantitative estimate of drug-likeness (QED) is 0.526. The number of amides is 1. The van der Waals surface area contributed by atoms with Crippen LogP contribution in [0.2, 0.25) is 5.02 Å². The number of nitrogens with one attached hydrogen (secondary N) is 1. The van der Waals surface area contributed by atoms with Gasteiger partial charge in [0.25, 0.3) is 0 Å². The van der Waals surface area contributed by atoms with Crippen molar-refractivity contribution in [3.63, 3.8) is 0 Å². The van der Waals surface area contributed by atoms with Crippen LogP contribution in [-0.4, -0.2) is 28.9 Å². The summed E-state index contributed by atoms with van der Waals surface area (Å²) in [5, 5.41) is 4.05. The van der Waals surface area contributed by atoms with Gasteiger partial charge in [0.15, 0.2) is 0 Å². The van der Waals surface area contributed by atoms with Crippen molar-refractivity contribution in [1.29, 1.82) is 0 Å². The molecule has 33 heavy (non-hydrogen) atoms. The van der Waals surface area contributed by atoms with E-state index in [4.69, 9.17) is 21.0 Å². The maximum Gasteiger partial charge on any atom is 0.226 e. The zero-order valence-electron chi connectivity index (χ0n) is 19.0. The number of nitrogens with zero attached hydrogens (tertiary/aromatic N) is 2. The van der Waals surface area contributed by atoms with Gasteiger partial charge in [0, 0.05) is 23.7 Å². The van der Waals surface area contributed by atoms with Crippen LogP contribution in [0.5, 0.6) is 0 Å². The second kappa shape index (κ2) is 9.70. The van der Waals surface area contributed by atoms with E-state index in [1.807, 2.05) is 31.2 Å². The van der Waals surface area contributed by atoms with Crippen molar-refractivity contribution < 1.29 is 9.21 Å². The van der Waals surface area contributed by atoms with Crippen molar-refractivity contribution in [2.75, 3.05) is 13.1 Å². The first-order chi connectivity index (χ1) is 16.1. The van der Waals surface area contributed by atoms with Gasteiger partial charge in [0.2, 0.25) is 11.8 Å². The van der Waals surface area contributed by atoms with Gasteiger partial charge in [-0.1, -0.05) is 35.9 Å². The number of carbonyl (C=O) groups excluding carboxylic acids is 1. The van der Waals surface area contributed by atoms with Gasteiger partial charge in [-0.2, -0.15) is 0 Å². The number of aryl methyl sites for hydroxylation is 2. The maximum absolute atomic E-state index is 13.2. The van der Waals surface area contributed by atoms with E-state index in [9.17, 15) is 4.79 Å². The fourth-order valence-corrected chi connectivity index (χ4v) is 5.24. The van der Waals surface area contributed by atoms with Crippen molar-refractivity contribution in [3.8, 4) is 11.5 Å². The highest BCUT2D eigenvalue weighted by Gasteiger charge is 2.29. The van der Waals surface area contributed by atoms with E-state index in [1.165, 1.54) is 11.1 Å². The van der Waals surface area contributed by atoms with Crippen LogP contribution >= 0.6 is 11.6 Å². The Morgan fingerprint density at radius 3 is 2.82 bits per heavy atom. The fourth-order valence-electron chi connectivity index (χ4n) is 5.11. The van der Waals surface area contributed by atoms with Gasteiger partial charge in [-0.05, 0) is 81.0 Å². The summed E-state index contributed by atoms with van der Waals surface area (Å²) in [6.45, 7) is 4.37. The van der Waals surface area contributed by atoms with E-state index >= 15 is 0 Å². The minimum Gasteiger partial charge on any atom is -0.441 e. The lowest BCUT2D eigenvalue weighted by Crippen LogP contribution is -2.44. The van der Waals surface area contributed by atoms with Crippen molar-refractivity contribution in [3.05, 3.63) is 76.1 Å². The molecule has 3 aromatic rings. The van der Waals surface area contributed by atoms with Gasteiger partial charge < -0.3 is 9.73 Å². The molecular formula is C27H30ClN3O2. The number of aromatic nitrogens is 1. The molecule has 1 amide bonds. The standard InChI is InChI=1S/C27H30ClN3O2/c1-18-25(30-27(33-18)20-11-13-22(28)14-12-20)17-31-15-5-8-21(16-31)26(32)29-24-10-4-7-19-6-2-3-9-23(19)24/h2-3,6,9,11-14,21,24H,4-5,7-8,10,15-17H2,1H3,(H,29,32). The fraction of sp³-hybridized carbons (Fsp3) is 0.407. The van der Waals surface area contributed by atoms with Crippen molar-refractivity contribution in [2.45, 2.75) is 51.6 Å². The SMILES string of the molecule is Cc1oc(-c2ccc(Cl)cc2)nc1CN1CCCC(C(=O)NC2CCCc3ccccc32)C1. The van der Waals surface area contributed by atoms with Crippen molar-refractivity contribution in [1.82, 2.24) is 15.2 Å². The van der Waals surface area contributed by atoms with E-state index < -0.39 is 0 Å². The van der Waals surface area contributed by atoms with E-state index in [0.29, 0.717) is 17.5 Å². The first kappa shape index (κ1) is 22.2. The molecule has 0 spiro atoms. The first-order valence-electron chi connectivity index (χ1n) is 11.9. The molecule has 5 nitrogen and oxygen atoms in total. The van der Waals surface area contributed by atoms with Crippen LogP contribution in [0, 0.1) is 12.8 Å². The predicted molar refractivity (Wildman–Crippen MR) is 130 cm³/mol. The molecule has 2 heterocycles. The van der Waals surface area contributed by atoms with Gasteiger partial charge in [-0.25, -0.2) is 4.98 Å². The third-order valence-corrected chi connectivity index (χ3v) is 7.17. The first-order valence-corrected chi connectivity index (χ1v) is 12.3. The number of benzene rings is 2. The molecule has 2 aromatic carbocycles. The number of hydrogen-bond acceptors (Lipinski definition) is 4. The number of rotatable bonds is 5. The van der Waals surface area contributed by atoms with Gasteiger partial charge in [-0.15, -0.1) is 0 Å². The summed E-state index contributed by atoms with van der Waals surface area (Å²) in [6, 6.07) is 16.2. The van der Waals surface area contributed by atoms with Gasteiger partial charge in [0.1, 0.15) is 5.76 Å². The lowest BCUT2D eigenvalue weighted by atomic mass is 9.87. The molecule has 1 saturated heterocycles. The Balaban J connectivity index is 1.23. The molecule has 0 bridgehead atoms. The van der Waals surface area contributed by atoms with Crippen LogP contribution in [0.15, 0.2) is 52.9 Å². The van der Waals surface area contributed by atoms with Crippen molar-refractivity contribution >= 4 is 17.5 Å². The third kappa shape index (κ3) is 4.99. The minimum absolute atomic E-state index is 0.00998. The molecule has 1 aliphatic carbocycles. The van der Waals surface area contributed by atoms with Crippen LogP contribution in [0.4, 0.5) is 0 Å². The number of halogens is 1. The molecule has 2 aliphatic rings. The number of fused-ring (bicyclic) bond motifs is 1. The molecule has 1 aromatic heterocycles. The number of likely N-dealkylation sites (tertiary alicyclic amines) is 1. The molecule has 2 unspecified atom stereocenters. The summed E-state index contributed by atoms with van der Waals surface area (Å²) in [6.07, 6.45) is 5.20. The molecule has 2 atom stereocenters. The summed E-state index contributed by atoms with van der Waals surface area (Å²) in [5.41, 5.74) is 4.51. The largest absolute Gasteiger partial charge is 0.441 e. The number of piperidine rings is 1. The topological polar surface area (TPSA) is 58.4 Å². The zero-order chi connectivity index (χ0) is 22.8. The normalized spacial score (nSPS) is 20.9. The summed E-state index contributed by atoms with van der Waals surface area (Å²) in [4.78, 5) is 20.2. The highest BCUT2D eigenvalue weighted by Crippen LogP contribution is 2.31. The molecule has 1 fully saturated rings. The molecular weight excluding hydrogens is 434 g/mol. The number of carbonyl (C=O) groups is 1. The highest BCUT2D eigenvalue weighted by atomic mass is 35.5. The minimum atomic E-state index is 0.00998. The Morgan fingerprint density at radius 2 is 1.97 bits per heavy atom. The average molecular weight is 464 g/mol. The Kier molecular flexibility index (Phi) is 6.52. The van der Waals surface area contributed by atoms with Crippen LogP contribution < -0.4 is 5.32 Å². The molecule has 1 N–H and O–H groups in total. The Bertz CT molecular complexity index is 1120. The van der Waals surface area contributed by atoms with Crippen LogP contribution in [0.3, 0.4) is 0 Å². The summed E-state index contributed by atoms with van der Waals surface area (Å²) in [7, 11) is 0. The zero-order valence-corrected chi connectivity index (χ0v) is 19.8. The number of hydrogen-bond donors (Lipinski definition) is 1. The second-order valence-electron chi connectivity index (χ2n) is 9.26. The summed E-state index contributed by atoms with van der Waals surface area (Å²) in [5.74, 6) is 1.63. The second-order valence-corrected chi connectivity index (χ2v) is 9.69. The average Bonchev–Trinajstić information content (AvgIpc) is 3.20. The van der Waals surface area contributed by atoms with Crippen LogP contribution in [0.25, 0.3) is 11.5 Å². The van der Waals surface area contributed by atoms with E-state index in [2.05, 4.69) is 34.5 Å². The molecule has 6 heteroatoms. The van der Waals surface area contributed by atoms with E-state index in [-0.39, 0.29) is 17.9 Å². The smallest absolute Gasteiger partial charge is 0.226 e. The summed E-state index contributed by atoms with van der Waals surface area (Å²) < 4.78 is 5.93. The molecule has 0 radical (unpaired) electrons. The van der Waals surface area contributed by atoms with Gasteiger partial charge in [-0.3, -0.25) is 9.69 Å². The maximum atomic E-state index is 13.2. The molecule has 1 aliphatic heterocycles. The van der Waals surface area contributed by atoms with Crippen LogP contribution in [0.1, 0.15) is 54.3 Å². The highest BCUT2D eigenvalue weighted by molar-refractivity contribution is 6.30. The van der Waals surface area contributed by atoms with Crippen LogP contribution in [-0.2, 0) is 17.8 Å². The van der Waals surface area contributed by atoms with E-state index in [0.717, 1.165) is 62.2 Å². The Labute approximate surface area is 200 Å². The summed E-state index contributed by atoms with van der Waals surface area (Å²) >= 11 is 6.00. The number of oxazole rings is 1. The lowest BCUT2D eigenvalue weighted by molar-refractivity contribution is -0.127. The molecule has 172 valence electrons. The lowest BCUT2D eigenvalue weighted by Gasteiger charge is -2.33. The monoisotopic (exact) mass is 463 g/mol. The molecule has 0 saturated carbocycles. The van der Waals surface area contributed by atoms with Gasteiger partial charge in [0.05, 0.1) is 17.7 Å². The predicted octanol–water partition coefficient (Wildman–Crippen LogP) is 5.71. The van der Waals surface area contributed by atoms with Crippen molar-refractivity contribution in [2.24, 2.45) is 5.92 Å². The Morgan fingerprint density at radius 1 is 1.15 bits per heavy atom. The van der Waals surface area contributed by atoms with Gasteiger partial charge >= 0.3 is 0 Å². The molecule has 5 rings (SSSR count). The Hall–Kier alpha value is -2.63.